The van der Waals surface area contributed by atoms with Gasteiger partial charge in [0.2, 0.25) is 0 Å². The standard InChI is InChI=1S/C14H24N4O/c1-16-9-5-15-14(16)4-8-17-10-12(13(19)11-17)18-6-2-3-7-18/h5,9,12-13,19H,2-4,6-8,10-11H2,1H3/t12-,13-/m0/s1. The van der Waals surface area contributed by atoms with Gasteiger partial charge >= 0.3 is 0 Å². The van der Waals surface area contributed by atoms with Crippen LogP contribution in [0.3, 0.4) is 0 Å². The Labute approximate surface area is 114 Å². The van der Waals surface area contributed by atoms with E-state index in [1.807, 2.05) is 19.4 Å². The minimum Gasteiger partial charge on any atom is -0.390 e. The van der Waals surface area contributed by atoms with Gasteiger partial charge in [-0.1, -0.05) is 0 Å². The highest BCUT2D eigenvalue weighted by Gasteiger charge is 2.36. The first-order valence-electron chi connectivity index (χ1n) is 7.35. The largest absolute Gasteiger partial charge is 0.390 e. The third-order valence-electron chi connectivity index (χ3n) is 4.52. The van der Waals surface area contributed by atoms with Gasteiger partial charge < -0.3 is 9.67 Å². The molecule has 2 aliphatic heterocycles. The molecule has 3 rings (SSSR count). The van der Waals surface area contributed by atoms with Gasteiger partial charge in [0.15, 0.2) is 0 Å². The maximum absolute atomic E-state index is 10.2. The number of nitrogens with zero attached hydrogens (tertiary/aromatic N) is 4. The molecule has 2 saturated heterocycles. The lowest BCUT2D eigenvalue weighted by atomic mass is 10.2. The van der Waals surface area contributed by atoms with Crippen LogP contribution < -0.4 is 0 Å². The van der Waals surface area contributed by atoms with E-state index in [4.69, 9.17) is 0 Å². The minimum absolute atomic E-state index is 0.181. The average Bonchev–Trinajstić information content (AvgIpc) is 3.08. The highest BCUT2D eigenvalue weighted by atomic mass is 16.3. The monoisotopic (exact) mass is 264 g/mol. The summed E-state index contributed by atoms with van der Waals surface area (Å²) in [4.78, 5) is 9.20. The molecule has 1 N–H and O–H groups in total. The minimum atomic E-state index is -0.181. The SMILES string of the molecule is Cn1ccnc1CCN1C[C@H](O)[C@@H](N2CCCC2)C1. The van der Waals surface area contributed by atoms with Crippen LogP contribution in [0.25, 0.3) is 0 Å². The third kappa shape index (κ3) is 2.83. The van der Waals surface area contributed by atoms with E-state index in [0.717, 1.165) is 45.0 Å². The highest BCUT2D eigenvalue weighted by Crippen LogP contribution is 2.21. The first kappa shape index (κ1) is 13.1. The fraction of sp³-hybridized carbons (Fsp3) is 0.786. The van der Waals surface area contributed by atoms with Crippen molar-refractivity contribution in [3.63, 3.8) is 0 Å². The van der Waals surface area contributed by atoms with Gasteiger partial charge in [-0.3, -0.25) is 9.80 Å². The molecule has 5 heteroatoms. The summed E-state index contributed by atoms with van der Waals surface area (Å²) in [6, 6.07) is 0.351. The Balaban J connectivity index is 1.52. The van der Waals surface area contributed by atoms with E-state index in [2.05, 4.69) is 19.4 Å². The van der Waals surface area contributed by atoms with Crippen molar-refractivity contribution in [2.75, 3.05) is 32.7 Å². The van der Waals surface area contributed by atoms with E-state index < -0.39 is 0 Å². The van der Waals surface area contributed by atoms with E-state index >= 15 is 0 Å². The molecule has 1 aromatic rings. The average molecular weight is 264 g/mol. The Kier molecular flexibility index (Phi) is 3.86. The van der Waals surface area contributed by atoms with Gasteiger partial charge in [-0.2, -0.15) is 0 Å². The zero-order valence-electron chi connectivity index (χ0n) is 11.7. The number of imidazole rings is 1. The quantitative estimate of drug-likeness (QED) is 0.838. The maximum Gasteiger partial charge on any atom is 0.109 e. The predicted molar refractivity (Wildman–Crippen MR) is 74.0 cm³/mol. The summed E-state index contributed by atoms with van der Waals surface area (Å²) in [5, 5.41) is 10.2. The molecule has 5 nitrogen and oxygen atoms in total. The number of hydrogen-bond donors (Lipinski definition) is 1. The Hall–Kier alpha value is -0.910. The fourth-order valence-electron chi connectivity index (χ4n) is 3.36. The van der Waals surface area contributed by atoms with Crippen LogP contribution in [0.15, 0.2) is 12.4 Å². The van der Waals surface area contributed by atoms with Crippen LogP contribution in [0.2, 0.25) is 0 Å². The van der Waals surface area contributed by atoms with Crippen LogP contribution >= 0.6 is 0 Å². The van der Waals surface area contributed by atoms with Gasteiger partial charge in [0.1, 0.15) is 5.82 Å². The lowest BCUT2D eigenvalue weighted by Crippen LogP contribution is -2.41. The molecule has 3 heterocycles. The summed E-state index contributed by atoms with van der Waals surface area (Å²) in [6.45, 7) is 5.13. The first-order chi connectivity index (χ1) is 9.24. The van der Waals surface area contributed by atoms with Crippen molar-refractivity contribution in [1.29, 1.82) is 0 Å². The van der Waals surface area contributed by atoms with Crippen LogP contribution in [0.5, 0.6) is 0 Å². The van der Waals surface area contributed by atoms with Gasteiger partial charge in [0.25, 0.3) is 0 Å². The molecule has 0 spiro atoms. The van der Waals surface area contributed by atoms with Crippen molar-refractivity contribution in [2.24, 2.45) is 7.05 Å². The van der Waals surface area contributed by atoms with E-state index in [9.17, 15) is 5.11 Å². The number of hydrogen-bond acceptors (Lipinski definition) is 4. The third-order valence-corrected chi connectivity index (χ3v) is 4.52. The molecule has 2 fully saturated rings. The van der Waals surface area contributed by atoms with Gasteiger partial charge in [0, 0.05) is 51.5 Å². The number of aliphatic hydroxyl groups excluding tert-OH is 1. The number of aromatic nitrogens is 2. The normalized spacial score (nSPS) is 29.4. The van der Waals surface area contributed by atoms with Gasteiger partial charge in [-0.25, -0.2) is 4.98 Å². The summed E-state index contributed by atoms with van der Waals surface area (Å²) in [7, 11) is 2.04. The van der Waals surface area contributed by atoms with E-state index in [-0.39, 0.29) is 6.10 Å². The van der Waals surface area contributed by atoms with Crippen LogP contribution in [-0.2, 0) is 13.5 Å². The second-order valence-electron chi connectivity index (χ2n) is 5.84. The Morgan fingerprint density at radius 1 is 1.32 bits per heavy atom. The Morgan fingerprint density at radius 2 is 2.11 bits per heavy atom. The van der Waals surface area contributed by atoms with Gasteiger partial charge in [-0.05, 0) is 25.9 Å². The highest BCUT2D eigenvalue weighted by molar-refractivity contribution is 4.95. The first-order valence-corrected chi connectivity index (χ1v) is 7.35. The lowest BCUT2D eigenvalue weighted by molar-refractivity contribution is 0.0978. The molecule has 0 aromatic carbocycles. The molecule has 0 bridgehead atoms. The second kappa shape index (κ2) is 5.61. The van der Waals surface area contributed by atoms with Crippen LogP contribution in [0.1, 0.15) is 18.7 Å². The molecule has 1 aromatic heterocycles. The summed E-state index contributed by atoms with van der Waals surface area (Å²) >= 11 is 0. The van der Waals surface area contributed by atoms with Gasteiger partial charge in [0.05, 0.1) is 6.10 Å². The maximum atomic E-state index is 10.2. The van der Waals surface area contributed by atoms with E-state index in [1.165, 1.54) is 12.8 Å². The molecular formula is C14H24N4O. The molecule has 19 heavy (non-hydrogen) atoms. The van der Waals surface area contributed by atoms with Crippen LogP contribution in [-0.4, -0.2) is 69.3 Å². The van der Waals surface area contributed by atoms with E-state index in [1.54, 1.807) is 0 Å². The van der Waals surface area contributed by atoms with Crippen molar-refractivity contribution in [2.45, 2.75) is 31.4 Å². The molecule has 0 amide bonds. The van der Waals surface area contributed by atoms with Crippen LogP contribution in [0, 0.1) is 0 Å². The predicted octanol–water partition coefficient (Wildman–Crippen LogP) is 0.103. The molecule has 2 atom stereocenters. The summed E-state index contributed by atoms with van der Waals surface area (Å²) in [5.41, 5.74) is 0. The zero-order valence-corrected chi connectivity index (χ0v) is 11.7. The van der Waals surface area contributed by atoms with Crippen molar-refractivity contribution in [1.82, 2.24) is 19.4 Å². The van der Waals surface area contributed by atoms with Crippen molar-refractivity contribution >= 4 is 0 Å². The topological polar surface area (TPSA) is 44.5 Å². The molecule has 0 radical (unpaired) electrons. The second-order valence-corrected chi connectivity index (χ2v) is 5.84. The zero-order chi connectivity index (χ0) is 13.2. The smallest absolute Gasteiger partial charge is 0.109 e. The molecule has 0 saturated carbocycles. The number of aliphatic hydroxyl groups is 1. The fourth-order valence-corrected chi connectivity index (χ4v) is 3.36. The molecular weight excluding hydrogens is 240 g/mol. The molecule has 0 aliphatic carbocycles. The summed E-state index contributed by atoms with van der Waals surface area (Å²) in [6.07, 6.45) is 7.19. The summed E-state index contributed by atoms with van der Waals surface area (Å²) in [5.74, 6) is 1.12. The van der Waals surface area contributed by atoms with Crippen molar-refractivity contribution in [3.8, 4) is 0 Å². The van der Waals surface area contributed by atoms with Crippen molar-refractivity contribution < 1.29 is 5.11 Å². The van der Waals surface area contributed by atoms with Crippen LogP contribution in [0.4, 0.5) is 0 Å². The number of β-amino-alcohol motifs (C(OH)–C–C–N with tert-alkyl or cyclic N) is 1. The van der Waals surface area contributed by atoms with Gasteiger partial charge in [-0.15, -0.1) is 0 Å². The molecule has 2 aliphatic rings. The molecule has 0 unspecified atom stereocenters. The van der Waals surface area contributed by atoms with E-state index in [0.29, 0.717) is 6.04 Å². The van der Waals surface area contributed by atoms with Crippen molar-refractivity contribution in [3.05, 3.63) is 18.2 Å². The molecule has 106 valence electrons. The number of rotatable bonds is 4. The lowest BCUT2D eigenvalue weighted by Gasteiger charge is -2.25. The number of likely N-dealkylation sites (tertiary alicyclic amines) is 2. The number of aryl methyl sites for hydroxylation is 1. The Bertz CT molecular complexity index is 413. The Morgan fingerprint density at radius 3 is 2.79 bits per heavy atom. The summed E-state index contributed by atoms with van der Waals surface area (Å²) < 4.78 is 2.07.